The number of anilines is 1. The van der Waals surface area contributed by atoms with E-state index in [4.69, 9.17) is 29.4 Å². The number of ketones is 1. The van der Waals surface area contributed by atoms with Gasteiger partial charge in [-0.25, -0.2) is 4.79 Å². The van der Waals surface area contributed by atoms with E-state index < -0.39 is 71.5 Å². The topological polar surface area (TPSA) is 193 Å². The number of likely N-dealkylation sites (N-methyl/N-ethyl adjacent to an activating group) is 1. The molecule has 1 aromatic carbocycles. The van der Waals surface area contributed by atoms with Crippen molar-refractivity contribution in [2.75, 3.05) is 40.0 Å². The number of rotatable bonds is 11. The van der Waals surface area contributed by atoms with Crippen LogP contribution in [0.4, 0.5) is 10.5 Å². The van der Waals surface area contributed by atoms with Crippen molar-refractivity contribution in [3.63, 3.8) is 0 Å². The summed E-state index contributed by atoms with van der Waals surface area (Å²) in [5, 5.41) is 23.7. The number of hydrogen-bond donors (Lipinski definition) is 3. The lowest BCUT2D eigenvalue weighted by molar-refractivity contribution is -0.295. The highest BCUT2D eigenvalue weighted by molar-refractivity contribution is 6.00. The number of cyclic esters (lactones) is 1. The Labute approximate surface area is 349 Å². The summed E-state index contributed by atoms with van der Waals surface area (Å²) < 4.78 is 33.3. The number of ether oxygens (including phenoxy) is 5. The number of carbonyl (C=O) groups excluding carboxylic acids is 3. The third-order valence-corrected chi connectivity index (χ3v) is 12.8. The summed E-state index contributed by atoms with van der Waals surface area (Å²) in [5.74, 6) is -3.16. The van der Waals surface area contributed by atoms with Crippen molar-refractivity contribution >= 4 is 23.5 Å². The summed E-state index contributed by atoms with van der Waals surface area (Å²) in [4.78, 5) is 45.9. The van der Waals surface area contributed by atoms with E-state index in [-0.39, 0.29) is 24.1 Å². The van der Waals surface area contributed by atoms with E-state index in [9.17, 15) is 19.5 Å². The number of aliphatic hydroxyl groups is 1. The fraction of sp³-hybridized carbons (Fsp3) is 0.744. The number of unbranched alkanes of at least 4 members (excludes halogenated alkanes) is 1. The summed E-state index contributed by atoms with van der Waals surface area (Å²) in [5.41, 5.74) is 5.95. The van der Waals surface area contributed by atoms with Gasteiger partial charge >= 0.3 is 12.1 Å². The van der Waals surface area contributed by atoms with Crippen LogP contribution in [0.3, 0.4) is 0 Å². The number of benzene rings is 1. The lowest BCUT2D eigenvalue weighted by Gasteiger charge is -2.46. The molecule has 2 aromatic rings. The molecule has 4 N–H and O–H groups in total. The number of nitrogen functional groups attached to an aromatic ring is 1. The molecular weight excluding hydrogens is 759 g/mol. The average Bonchev–Trinajstić information content (AvgIpc) is 3.77. The van der Waals surface area contributed by atoms with E-state index >= 15 is 0 Å². The number of hydrogen-bond acceptors (Lipinski definition) is 14. The number of aryl methyl sites for hydroxylation is 1. The quantitative estimate of drug-likeness (QED) is 0.126. The number of aromatic nitrogens is 3. The Morgan fingerprint density at radius 2 is 1.80 bits per heavy atom. The van der Waals surface area contributed by atoms with Crippen LogP contribution in [0.25, 0.3) is 11.3 Å². The van der Waals surface area contributed by atoms with Gasteiger partial charge in [0.1, 0.15) is 23.8 Å². The molecule has 3 aliphatic rings. The zero-order chi connectivity index (χ0) is 43.4. The molecule has 1 amide bonds. The minimum Gasteiger partial charge on any atom is -0.458 e. The molecule has 5 rings (SSSR count). The lowest BCUT2D eigenvalue weighted by Crippen LogP contribution is -2.61. The van der Waals surface area contributed by atoms with Crippen LogP contribution in [0.15, 0.2) is 30.5 Å². The van der Waals surface area contributed by atoms with Crippen LogP contribution in [0.5, 0.6) is 0 Å². The summed E-state index contributed by atoms with van der Waals surface area (Å²) in [6.45, 7) is 16.4. The molecule has 4 unspecified atom stereocenters. The maximum atomic E-state index is 14.4. The molecule has 3 aliphatic heterocycles. The molecule has 59 heavy (non-hydrogen) atoms. The number of aliphatic hydroxyl groups excluding tert-OH is 1. The number of Topliss-reactive ketones (excluding diaryl/α,β-unsaturated/α-hetero) is 1. The van der Waals surface area contributed by atoms with Crippen LogP contribution in [0, 0.1) is 17.8 Å². The summed E-state index contributed by atoms with van der Waals surface area (Å²) in [6, 6.07) is 6.46. The van der Waals surface area contributed by atoms with Gasteiger partial charge in [0.2, 0.25) is 0 Å². The van der Waals surface area contributed by atoms with Gasteiger partial charge in [0.05, 0.1) is 30.0 Å². The third kappa shape index (κ3) is 10.3. The number of nitrogens with zero attached hydrogens (tertiary/aromatic N) is 5. The number of nitrogens with one attached hydrogen (secondary N) is 1. The van der Waals surface area contributed by atoms with Crippen molar-refractivity contribution in [2.24, 2.45) is 17.8 Å². The van der Waals surface area contributed by atoms with Gasteiger partial charge in [-0.1, -0.05) is 38.1 Å². The van der Waals surface area contributed by atoms with Crippen molar-refractivity contribution in [3.8, 4) is 11.3 Å². The molecule has 1 aromatic heterocycles. The molecule has 330 valence electrons. The molecule has 4 heterocycles. The van der Waals surface area contributed by atoms with Crippen molar-refractivity contribution in [2.45, 2.75) is 154 Å². The Kier molecular flexibility index (Phi) is 15.2. The Morgan fingerprint density at radius 1 is 1.08 bits per heavy atom. The van der Waals surface area contributed by atoms with Gasteiger partial charge in [-0.15, -0.1) is 5.10 Å². The zero-order valence-corrected chi connectivity index (χ0v) is 36.9. The first kappa shape index (κ1) is 46.4. The Hall–Kier alpha value is -3.67. The largest absolute Gasteiger partial charge is 0.458 e. The van der Waals surface area contributed by atoms with Crippen LogP contribution in [-0.4, -0.2) is 142 Å². The van der Waals surface area contributed by atoms with E-state index in [2.05, 4.69) is 22.6 Å². The number of nitrogens with two attached hydrogens (primary N) is 1. The fourth-order valence-electron chi connectivity index (χ4n) is 9.45. The lowest BCUT2D eigenvalue weighted by atomic mass is 9.78. The first-order chi connectivity index (χ1) is 27.8. The second kappa shape index (κ2) is 19.4. The Bertz CT molecular complexity index is 1740. The van der Waals surface area contributed by atoms with Gasteiger partial charge in [-0.2, -0.15) is 0 Å². The number of carbonyl (C=O) groups is 3. The van der Waals surface area contributed by atoms with E-state index in [0.717, 1.165) is 11.3 Å². The molecule has 16 heteroatoms. The van der Waals surface area contributed by atoms with Crippen molar-refractivity contribution < 1.29 is 43.2 Å². The molecule has 0 aliphatic carbocycles. The van der Waals surface area contributed by atoms with Gasteiger partial charge in [-0.05, 0) is 105 Å². The van der Waals surface area contributed by atoms with Crippen LogP contribution in [-0.2, 0) is 39.8 Å². The SMILES string of the molecule is CC[C@H]1OC(=O)C(C)C(=O)[C@H](C)[C@@H](O[C@@H]2OC(C)CC(N(C)C)C2O)[C@](C)(OC)C[C@@H](C)CN[C@H](C)[C@H]2N(CCCCn3cc(-c4cccc(N)c4)nn3)C(=O)O[C@]12C. The highest BCUT2D eigenvalue weighted by Gasteiger charge is 2.58. The molecule has 13 atom stereocenters. The molecule has 0 bridgehead atoms. The molecule has 0 saturated carbocycles. The van der Waals surface area contributed by atoms with E-state index in [1.807, 2.05) is 84.1 Å². The average molecular weight is 828 g/mol. The normalized spacial score (nSPS) is 36.5. The van der Waals surface area contributed by atoms with E-state index in [1.54, 1.807) is 23.6 Å². The van der Waals surface area contributed by atoms with Gasteiger partial charge in [0.15, 0.2) is 17.7 Å². The van der Waals surface area contributed by atoms with Crippen LogP contribution < -0.4 is 11.1 Å². The van der Waals surface area contributed by atoms with E-state index in [1.165, 1.54) is 6.92 Å². The van der Waals surface area contributed by atoms with Crippen LogP contribution in [0.1, 0.15) is 87.5 Å². The van der Waals surface area contributed by atoms with Gasteiger partial charge in [0, 0.05) is 49.5 Å². The summed E-state index contributed by atoms with van der Waals surface area (Å²) in [7, 11) is 5.39. The van der Waals surface area contributed by atoms with E-state index in [0.29, 0.717) is 57.4 Å². The molecule has 0 spiro atoms. The van der Waals surface area contributed by atoms with Gasteiger partial charge in [-0.3, -0.25) is 19.2 Å². The minimum atomic E-state index is -1.23. The number of amides is 1. The predicted molar refractivity (Wildman–Crippen MR) is 222 cm³/mol. The monoisotopic (exact) mass is 828 g/mol. The first-order valence-electron chi connectivity index (χ1n) is 21.3. The van der Waals surface area contributed by atoms with Crippen molar-refractivity contribution in [1.82, 2.24) is 30.1 Å². The highest BCUT2D eigenvalue weighted by Crippen LogP contribution is 2.40. The predicted octanol–water partition coefficient (Wildman–Crippen LogP) is 4.28. The molecule has 3 fully saturated rings. The maximum absolute atomic E-state index is 14.4. The van der Waals surface area contributed by atoms with Crippen LogP contribution in [0.2, 0.25) is 0 Å². The van der Waals surface area contributed by atoms with Gasteiger partial charge < -0.3 is 44.7 Å². The smallest absolute Gasteiger partial charge is 0.410 e. The number of methoxy groups -OCH3 is 1. The first-order valence-corrected chi connectivity index (χ1v) is 21.3. The maximum Gasteiger partial charge on any atom is 0.410 e. The molecule has 16 nitrogen and oxygen atoms in total. The summed E-state index contributed by atoms with van der Waals surface area (Å²) >= 11 is 0. The second-order valence-corrected chi connectivity index (χ2v) is 17.8. The second-order valence-electron chi connectivity index (χ2n) is 17.8. The van der Waals surface area contributed by atoms with Crippen LogP contribution >= 0.6 is 0 Å². The van der Waals surface area contributed by atoms with Crippen molar-refractivity contribution in [3.05, 3.63) is 30.5 Å². The van der Waals surface area contributed by atoms with Crippen molar-refractivity contribution in [1.29, 1.82) is 0 Å². The zero-order valence-electron chi connectivity index (χ0n) is 36.9. The molecular formula is C43H69N7O9. The standard InChI is InChI=1S/C43H69N7O9/c1-12-34-43(8)37(50(41(54)59-43)19-14-13-18-49-24-32(46-47-49)30-16-15-17-31(44)21-30)29(6)45-23-25(2)22-42(7,55-11)38(27(4)35(51)28(5)39(53)57-34)58-40-36(52)33(48(9)10)20-26(3)56-40/h15-17,21,24-29,33-34,36-38,40,45,52H,12-14,18-20,22-23,44H2,1-11H3/t25-,26?,27+,28?,29-,33?,34-,36?,37-,38-,40+,42-,43-/m1/s1. The number of esters is 1. The molecule has 3 saturated heterocycles. The fourth-order valence-corrected chi connectivity index (χ4v) is 9.45. The summed E-state index contributed by atoms with van der Waals surface area (Å²) in [6.07, 6.45) is 0.194. The third-order valence-electron chi connectivity index (χ3n) is 12.8. The number of fused-ring (bicyclic) bond motifs is 1. The Morgan fingerprint density at radius 3 is 2.46 bits per heavy atom. The highest BCUT2D eigenvalue weighted by atomic mass is 16.7. The van der Waals surface area contributed by atoms with Gasteiger partial charge in [0.25, 0.3) is 0 Å². The molecule has 0 radical (unpaired) electrons. The minimum absolute atomic E-state index is 0.0125. The Balaban J connectivity index is 1.38.